The molecule has 1 aromatic heterocycles. The molecular formula is C15H17Cl3N4. The lowest BCUT2D eigenvalue weighted by molar-refractivity contribution is 0.750. The first-order valence-electron chi connectivity index (χ1n) is 6.70. The summed E-state index contributed by atoms with van der Waals surface area (Å²) in [5, 5.41) is 8.23. The molecule has 0 aliphatic heterocycles. The molecule has 0 aliphatic rings. The first-order valence-corrected chi connectivity index (χ1v) is 7.84. The first-order chi connectivity index (χ1) is 10.5. The van der Waals surface area contributed by atoms with E-state index in [1.54, 1.807) is 7.05 Å². The van der Waals surface area contributed by atoms with Crippen molar-refractivity contribution in [3.05, 3.63) is 56.8 Å². The highest BCUT2D eigenvalue weighted by Gasteiger charge is 2.09. The summed E-state index contributed by atoms with van der Waals surface area (Å²) in [4.78, 5) is 4.18. The van der Waals surface area contributed by atoms with E-state index >= 15 is 0 Å². The molecule has 22 heavy (non-hydrogen) atoms. The molecule has 7 heteroatoms. The van der Waals surface area contributed by atoms with Gasteiger partial charge in [-0.2, -0.15) is 0 Å². The van der Waals surface area contributed by atoms with Crippen LogP contribution < -0.4 is 10.6 Å². The van der Waals surface area contributed by atoms with Gasteiger partial charge in [0.15, 0.2) is 5.96 Å². The Kier molecular flexibility index (Phi) is 6.00. The van der Waals surface area contributed by atoms with Crippen LogP contribution in [-0.4, -0.2) is 17.6 Å². The summed E-state index contributed by atoms with van der Waals surface area (Å²) < 4.78 is 1.83. The largest absolute Gasteiger partial charge is 0.352 e. The van der Waals surface area contributed by atoms with Crippen molar-refractivity contribution in [2.75, 3.05) is 7.05 Å². The molecule has 0 unspecified atom stereocenters. The van der Waals surface area contributed by atoms with E-state index in [9.17, 15) is 0 Å². The monoisotopic (exact) mass is 358 g/mol. The van der Waals surface area contributed by atoms with Crippen LogP contribution in [0.1, 0.15) is 11.3 Å². The number of nitrogens with zero attached hydrogens (tertiary/aromatic N) is 2. The molecule has 2 aromatic rings. The SMILES string of the molecule is CN=C(NCc1ccccc1Cl)NCc1cc(Cl)c(Cl)n1C. The summed E-state index contributed by atoms with van der Waals surface area (Å²) >= 11 is 18.2. The van der Waals surface area contributed by atoms with Crippen LogP contribution in [0.25, 0.3) is 0 Å². The number of rotatable bonds is 4. The lowest BCUT2D eigenvalue weighted by atomic mass is 10.2. The van der Waals surface area contributed by atoms with E-state index in [0.29, 0.717) is 29.2 Å². The lowest BCUT2D eigenvalue weighted by Crippen LogP contribution is -2.36. The zero-order chi connectivity index (χ0) is 16.1. The number of benzene rings is 1. The number of nitrogens with one attached hydrogen (secondary N) is 2. The Morgan fingerprint density at radius 3 is 2.36 bits per heavy atom. The van der Waals surface area contributed by atoms with Crippen molar-refractivity contribution in [1.82, 2.24) is 15.2 Å². The molecule has 2 rings (SSSR count). The van der Waals surface area contributed by atoms with Crippen LogP contribution in [0.3, 0.4) is 0 Å². The summed E-state index contributed by atoms with van der Waals surface area (Å²) in [6, 6.07) is 9.52. The predicted octanol–water partition coefficient (Wildman–Crippen LogP) is 3.85. The van der Waals surface area contributed by atoms with Crippen molar-refractivity contribution in [1.29, 1.82) is 0 Å². The standard InChI is InChI=1S/C15H17Cl3N4/c1-19-15(20-8-10-5-3-4-6-12(10)16)21-9-11-7-13(17)14(18)22(11)2/h3-7H,8-9H2,1-2H3,(H2,19,20,21). The minimum absolute atomic E-state index is 0.525. The normalized spacial score (nSPS) is 11.6. The van der Waals surface area contributed by atoms with Crippen LogP contribution in [0.5, 0.6) is 0 Å². The van der Waals surface area contributed by atoms with Gasteiger partial charge in [0.1, 0.15) is 5.15 Å². The fraction of sp³-hybridized carbons (Fsp3) is 0.267. The second kappa shape index (κ2) is 7.77. The zero-order valence-corrected chi connectivity index (χ0v) is 14.6. The number of halogens is 3. The van der Waals surface area contributed by atoms with Crippen molar-refractivity contribution >= 4 is 40.8 Å². The van der Waals surface area contributed by atoms with E-state index in [0.717, 1.165) is 16.3 Å². The maximum absolute atomic E-state index is 6.13. The van der Waals surface area contributed by atoms with Crippen LogP contribution in [-0.2, 0) is 20.1 Å². The molecule has 1 heterocycles. The van der Waals surface area contributed by atoms with Crippen molar-refractivity contribution in [2.45, 2.75) is 13.1 Å². The summed E-state index contributed by atoms with van der Waals surface area (Å²) in [5.41, 5.74) is 1.98. The second-order valence-corrected chi connectivity index (χ2v) is 5.88. The lowest BCUT2D eigenvalue weighted by Gasteiger charge is -2.13. The Morgan fingerprint density at radius 1 is 1.09 bits per heavy atom. The van der Waals surface area contributed by atoms with Gasteiger partial charge >= 0.3 is 0 Å². The second-order valence-electron chi connectivity index (χ2n) is 4.70. The van der Waals surface area contributed by atoms with Gasteiger partial charge in [-0.3, -0.25) is 4.99 Å². The molecule has 0 atom stereocenters. The average molecular weight is 360 g/mol. The van der Waals surface area contributed by atoms with Gasteiger partial charge in [0.05, 0.1) is 11.6 Å². The van der Waals surface area contributed by atoms with Gasteiger partial charge in [-0.15, -0.1) is 0 Å². The van der Waals surface area contributed by atoms with E-state index in [4.69, 9.17) is 34.8 Å². The molecule has 0 bridgehead atoms. The molecule has 1 aromatic carbocycles. The molecule has 0 saturated carbocycles. The van der Waals surface area contributed by atoms with Gasteiger partial charge < -0.3 is 15.2 Å². The van der Waals surface area contributed by atoms with E-state index in [-0.39, 0.29) is 0 Å². The van der Waals surface area contributed by atoms with E-state index < -0.39 is 0 Å². The summed E-state index contributed by atoms with van der Waals surface area (Å²) in [6.07, 6.45) is 0. The summed E-state index contributed by atoms with van der Waals surface area (Å²) in [5.74, 6) is 0.674. The summed E-state index contributed by atoms with van der Waals surface area (Å²) in [6.45, 7) is 1.15. The Balaban J connectivity index is 1.93. The van der Waals surface area contributed by atoms with Gasteiger partial charge in [-0.25, -0.2) is 0 Å². The maximum Gasteiger partial charge on any atom is 0.191 e. The van der Waals surface area contributed by atoms with Gasteiger partial charge in [0.2, 0.25) is 0 Å². The number of hydrogen-bond acceptors (Lipinski definition) is 1. The van der Waals surface area contributed by atoms with Crippen molar-refractivity contribution in [2.24, 2.45) is 12.0 Å². The summed E-state index contributed by atoms with van der Waals surface area (Å²) in [7, 11) is 3.58. The highest BCUT2D eigenvalue weighted by Crippen LogP contribution is 2.24. The molecule has 4 nitrogen and oxygen atoms in total. The number of guanidine groups is 1. The Labute approximate surface area is 145 Å². The fourth-order valence-electron chi connectivity index (χ4n) is 1.97. The zero-order valence-electron chi connectivity index (χ0n) is 12.3. The van der Waals surface area contributed by atoms with Crippen molar-refractivity contribution < 1.29 is 0 Å². The van der Waals surface area contributed by atoms with E-state index in [1.165, 1.54) is 0 Å². The topological polar surface area (TPSA) is 41.4 Å². The first kappa shape index (κ1) is 17.0. The van der Waals surface area contributed by atoms with Crippen LogP contribution in [0.15, 0.2) is 35.3 Å². The van der Waals surface area contributed by atoms with Gasteiger partial charge in [-0.05, 0) is 17.7 Å². The smallest absolute Gasteiger partial charge is 0.191 e. The molecular weight excluding hydrogens is 343 g/mol. The fourth-order valence-corrected chi connectivity index (χ4v) is 2.59. The molecule has 0 radical (unpaired) electrons. The number of aliphatic imine (C=N–C) groups is 1. The maximum atomic E-state index is 6.13. The third-order valence-corrected chi connectivity index (χ3v) is 4.49. The van der Waals surface area contributed by atoms with Crippen molar-refractivity contribution in [3.8, 4) is 0 Å². The molecule has 0 aliphatic carbocycles. The van der Waals surface area contributed by atoms with E-state index in [1.807, 2.05) is 41.9 Å². The Hall–Kier alpha value is -1.36. The third kappa shape index (κ3) is 4.09. The van der Waals surface area contributed by atoms with Crippen LogP contribution in [0, 0.1) is 0 Å². The molecule has 0 amide bonds. The molecule has 0 spiro atoms. The van der Waals surface area contributed by atoms with Crippen LogP contribution in [0.2, 0.25) is 15.2 Å². The van der Waals surface area contributed by atoms with Crippen LogP contribution in [0.4, 0.5) is 0 Å². The van der Waals surface area contributed by atoms with Gasteiger partial charge in [0.25, 0.3) is 0 Å². The minimum Gasteiger partial charge on any atom is -0.352 e. The Morgan fingerprint density at radius 2 is 1.77 bits per heavy atom. The van der Waals surface area contributed by atoms with Crippen LogP contribution >= 0.6 is 34.8 Å². The average Bonchev–Trinajstić information content (AvgIpc) is 2.76. The molecule has 0 saturated heterocycles. The van der Waals surface area contributed by atoms with Gasteiger partial charge in [-0.1, -0.05) is 53.0 Å². The highest BCUT2D eigenvalue weighted by molar-refractivity contribution is 6.41. The van der Waals surface area contributed by atoms with Gasteiger partial charge in [0, 0.05) is 31.4 Å². The number of hydrogen-bond donors (Lipinski definition) is 2. The number of aromatic nitrogens is 1. The highest BCUT2D eigenvalue weighted by atomic mass is 35.5. The predicted molar refractivity (Wildman–Crippen MR) is 93.9 cm³/mol. The molecule has 0 fully saturated rings. The minimum atomic E-state index is 0.525. The third-order valence-electron chi connectivity index (χ3n) is 3.28. The molecule has 118 valence electrons. The van der Waals surface area contributed by atoms with Crippen molar-refractivity contribution in [3.63, 3.8) is 0 Å². The van der Waals surface area contributed by atoms with E-state index in [2.05, 4.69) is 15.6 Å². The molecule has 2 N–H and O–H groups in total. The Bertz CT molecular complexity index is 679. The quantitative estimate of drug-likeness (QED) is 0.643.